The van der Waals surface area contributed by atoms with Crippen molar-refractivity contribution in [3.05, 3.63) is 93.6 Å². The number of aromatic nitrogens is 2. The van der Waals surface area contributed by atoms with Gasteiger partial charge in [0.2, 0.25) is 5.95 Å². The van der Waals surface area contributed by atoms with Crippen LogP contribution in [0, 0.1) is 20.8 Å². The molecule has 0 spiro atoms. The summed E-state index contributed by atoms with van der Waals surface area (Å²) in [6.45, 7) is 5.63. The van der Waals surface area contributed by atoms with E-state index in [0.29, 0.717) is 33.7 Å². The first kappa shape index (κ1) is 24.8. The van der Waals surface area contributed by atoms with Gasteiger partial charge in [0.1, 0.15) is 10.7 Å². The van der Waals surface area contributed by atoms with Gasteiger partial charge in [0.15, 0.2) is 0 Å². The van der Waals surface area contributed by atoms with Crippen molar-refractivity contribution in [3.8, 4) is 0 Å². The van der Waals surface area contributed by atoms with Gasteiger partial charge in [-0.2, -0.15) is 4.98 Å². The Bertz CT molecular complexity index is 1480. The third kappa shape index (κ3) is 6.22. The molecule has 4 rings (SSSR count). The first-order chi connectivity index (χ1) is 16.6. The van der Waals surface area contributed by atoms with Crippen molar-refractivity contribution in [2.75, 3.05) is 15.4 Å². The van der Waals surface area contributed by atoms with Crippen LogP contribution in [0.4, 0.5) is 28.8 Å². The third-order valence-corrected chi connectivity index (χ3v) is 7.33. The van der Waals surface area contributed by atoms with Gasteiger partial charge < -0.3 is 10.6 Å². The maximum absolute atomic E-state index is 12.8. The zero-order valence-electron chi connectivity index (χ0n) is 19.2. The lowest BCUT2D eigenvalue weighted by molar-refractivity contribution is 0.601. The number of nitrogens with zero attached hydrogens (tertiary/aromatic N) is 2. The summed E-state index contributed by atoms with van der Waals surface area (Å²) < 4.78 is 28.2. The van der Waals surface area contributed by atoms with Crippen LogP contribution in [0.3, 0.4) is 0 Å². The molecule has 0 saturated heterocycles. The topological polar surface area (TPSA) is 96.0 Å². The zero-order chi connectivity index (χ0) is 25.2. The third-order valence-electron chi connectivity index (χ3n) is 5.07. The fourth-order valence-corrected chi connectivity index (χ4v) is 5.16. The summed E-state index contributed by atoms with van der Waals surface area (Å²) >= 11 is 12.1. The summed E-state index contributed by atoms with van der Waals surface area (Å²) in [7, 11) is -3.89. The van der Waals surface area contributed by atoms with Crippen molar-refractivity contribution in [3.63, 3.8) is 0 Å². The molecule has 35 heavy (non-hydrogen) atoms. The zero-order valence-corrected chi connectivity index (χ0v) is 21.6. The molecule has 1 aromatic heterocycles. The van der Waals surface area contributed by atoms with Crippen molar-refractivity contribution in [1.29, 1.82) is 0 Å². The smallest absolute Gasteiger partial charge is 0.263 e. The van der Waals surface area contributed by atoms with Gasteiger partial charge in [-0.1, -0.05) is 40.9 Å². The molecule has 7 nitrogen and oxygen atoms in total. The standard InChI is InChI=1S/C25H23Cl2N5O2S/c1-15-4-6-18(7-5-15)29-24-13-17(3)28-25(31-24)30-19-8-10-20(11-9-19)32-35(33,34)23-12-16(2)21(26)14-22(23)27/h4-14,32H,1-3H3,(H2,28,29,30,31). The number of anilines is 5. The largest absolute Gasteiger partial charge is 0.340 e. The van der Waals surface area contributed by atoms with Crippen LogP contribution in [-0.2, 0) is 10.0 Å². The summed E-state index contributed by atoms with van der Waals surface area (Å²) in [5, 5.41) is 6.88. The van der Waals surface area contributed by atoms with E-state index in [2.05, 4.69) is 25.3 Å². The Kier molecular flexibility index (Phi) is 7.16. The molecular weight excluding hydrogens is 505 g/mol. The van der Waals surface area contributed by atoms with Gasteiger partial charge in [-0.05, 0) is 74.9 Å². The lowest BCUT2D eigenvalue weighted by atomic mass is 10.2. The first-order valence-corrected chi connectivity index (χ1v) is 12.9. The van der Waals surface area contributed by atoms with Gasteiger partial charge in [-0.3, -0.25) is 4.72 Å². The molecule has 0 amide bonds. The van der Waals surface area contributed by atoms with E-state index in [1.54, 1.807) is 31.2 Å². The molecule has 0 aliphatic rings. The predicted octanol–water partition coefficient (Wildman–Crippen LogP) is 7.00. The number of hydrogen-bond donors (Lipinski definition) is 3. The second-order valence-electron chi connectivity index (χ2n) is 8.05. The lowest BCUT2D eigenvalue weighted by Gasteiger charge is -2.12. The second kappa shape index (κ2) is 10.1. The molecular formula is C25H23Cl2N5O2S. The molecule has 0 radical (unpaired) electrons. The molecule has 0 bridgehead atoms. The van der Waals surface area contributed by atoms with Gasteiger partial charge in [0.05, 0.1) is 5.02 Å². The summed E-state index contributed by atoms with van der Waals surface area (Å²) in [5.41, 5.74) is 4.58. The van der Waals surface area contributed by atoms with Crippen LogP contribution in [0.1, 0.15) is 16.8 Å². The van der Waals surface area contributed by atoms with Crippen molar-refractivity contribution in [1.82, 2.24) is 9.97 Å². The molecule has 3 N–H and O–H groups in total. The molecule has 0 saturated carbocycles. The molecule has 180 valence electrons. The molecule has 0 fully saturated rings. The maximum Gasteiger partial charge on any atom is 0.263 e. The summed E-state index contributed by atoms with van der Waals surface area (Å²) in [6, 6.07) is 19.5. The Morgan fingerprint density at radius 1 is 0.714 bits per heavy atom. The minimum absolute atomic E-state index is 0.0370. The highest BCUT2D eigenvalue weighted by atomic mass is 35.5. The van der Waals surface area contributed by atoms with E-state index in [1.165, 1.54) is 17.7 Å². The monoisotopic (exact) mass is 527 g/mol. The first-order valence-electron chi connectivity index (χ1n) is 10.6. The van der Waals surface area contributed by atoms with E-state index in [1.807, 2.05) is 44.2 Å². The van der Waals surface area contributed by atoms with Gasteiger partial charge >= 0.3 is 0 Å². The van der Waals surface area contributed by atoms with Crippen molar-refractivity contribution >= 4 is 62.1 Å². The molecule has 0 atom stereocenters. The quantitative estimate of drug-likeness (QED) is 0.239. The van der Waals surface area contributed by atoms with E-state index < -0.39 is 10.0 Å². The summed E-state index contributed by atoms with van der Waals surface area (Å²) in [5.74, 6) is 1.07. The van der Waals surface area contributed by atoms with Gasteiger partial charge in [-0.25, -0.2) is 13.4 Å². The number of nitrogens with one attached hydrogen (secondary N) is 3. The second-order valence-corrected chi connectivity index (χ2v) is 10.5. The van der Waals surface area contributed by atoms with Crippen molar-refractivity contribution in [2.24, 2.45) is 0 Å². The average Bonchev–Trinajstić information content (AvgIpc) is 2.78. The van der Waals surface area contributed by atoms with Crippen LogP contribution in [0.25, 0.3) is 0 Å². The van der Waals surface area contributed by atoms with Crippen LogP contribution < -0.4 is 15.4 Å². The number of sulfonamides is 1. The highest BCUT2D eigenvalue weighted by molar-refractivity contribution is 7.92. The Morgan fingerprint density at radius 2 is 1.31 bits per heavy atom. The van der Waals surface area contributed by atoms with Gasteiger partial charge in [0, 0.05) is 33.8 Å². The average molecular weight is 528 g/mol. The Morgan fingerprint density at radius 3 is 2.00 bits per heavy atom. The SMILES string of the molecule is Cc1ccc(Nc2cc(C)nc(Nc3ccc(NS(=O)(=O)c4cc(C)c(Cl)cc4Cl)cc3)n2)cc1. The Balaban J connectivity index is 1.48. The van der Waals surface area contributed by atoms with E-state index in [4.69, 9.17) is 23.2 Å². The highest BCUT2D eigenvalue weighted by Crippen LogP contribution is 2.30. The van der Waals surface area contributed by atoms with E-state index in [-0.39, 0.29) is 9.92 Å². The van der Waals surface area contributed by atoms with Crippen LogP contribution in [0.15, 0.2) is 71.6 Å². The number of halogens is 2. The van der Waals surface area contributed by atoms with Crippen molar-refractivity contribution in [2.45, 2.75) is 25.7 Å². The van der Waals surface area contributed by atoms with E-state index >= 15 is 0 Å². The van der Waals surface area contributed by atoms with Crippen LogP contribution in [0.2, 0.25) is 10.0 Å². The van der Waals surface area contributed by atoms with E-state index in [0.717, 1.165) is 11.4 Å². The fraction of sp³-hybridized carbons (Fsp3) is 0.120. The molecule has 3 aromatic carbocycles. The van der Waals surface area contributed by atoms with Gasteiger partial charge in [0.25, 0.3) is 10.0 Å². The molecule has 0 aliphatic heterocycles. The van der Waals surface area contributed by atoms with Crippen molar-refractivity contribution < 1.29 is 8.42 Å². The minimum Gasteiger partial charge on any atom is -0.340 e. The Hall–Kier alpha value is -3.33. The molecule has 1 heterocycles. The Labute approximate surface area is 214 Å². The minimum atomic E-state index is -3.89. The maximum atomic E-state index is 12.8. The normalized spacial score (nSPS) is 11.2. The fourth-order valence-electron chi connectivity index (χ4n) is 3.27. The van der Waals surface area contributed by atoms with E-state index in [9.17, 15) is 8.42 Å². The van der Waals surface area contributed by atoms with Crippen LogP contribution in [-0.4, -0.2) is 18.4 Å². The lowest BCUT2D eigenvalue weighted by Crippen LogP contribution is -2.13. The number of hydrogen-bond acceptors (Lipinski definition) is 6. The molecule has 10 heteroatoms. The predicted molar refractivity (Wildman–Crippen MR) is 143 cm³/mol. The summed E-state index contributed by atoms with van der Waals surface area (Å²) in [6.07, 6.45) is 0. The van der Waals surface area contributed by atoms with Gasteiger partial charge in [-0.15, -0.1) is 0 Å². The number of rotatable bonds is 7. The number of aryl methyl sites for hydroxylation is 3. The van der Waals surface area contributed by atoms with Crippen LogP contribution >= 0.6 is 23.2 Å². The molecule has 0 aliphatic carbocycles. The molecule has 4 aromatic rings. The van der Waals surface area contributed by atoms with Crippen LogP contribution in [0.5, 0.6) is 0 Å². The molecule has 0 unspecified atom stereocenters. The number of benzene rings is 3. The highest BCUT2D eigenvalue weighted by Gasteiger charge is 2.19. The summed E-state index contributed by atoms with van der Waals surface area (Å²) in [4.78, 5) is 8.92.